The van der Waals surface area contributed by atoms with E-state index in [4.69, 9.17) is 11.6 Å². The maximum atomic E-state index is 6.37. The molecule has 0 saturated carbocycles. The first-order valence-corrected chi connectivity index (χ1v) is 7.42. The molecule has 1 aliphatic heterocycles. The minimum Gasteiger partial charge on any atom is -0.365 e. The molecule has 0 amide bonds. The molecule has 2 rings (SSSR count). The molecule has 0 radical (unpaired) electrons. The van der Waals surface area contributed by atoms with Gasteiger partial charge in [0.15, 0.2) is 0 Å². The first kappa shape index (κ1) is 13.2. The minimum atomic E-state index is 0.506. The highest BCUT2D eigenvalue weighted by Crippen LogP contribution is 2.33. The van der Waals surface area contributed by atoms with Crippen LogP contribution in [0.2, 0.25) is 5.02 Å². The summed E-state index contributed by atoms with van der Waals surface area (Å²) in [4.78, 5) is 4.80. The van der Waals surface area contributed by atoms with E-state index in [9.17, 15) is 0 Å². The van der Waals surface area contributed by atoms with Gasteiger partial charge in [0, 0.05) is 31.0 Å². The summed E-state index contributed by atoms with van der Waals surface area (Å²) < 4.78 is 0. The molecular weight excluding hydrogens is 300 g/mol. The van der Waals surface area contributed by atoms with Crippen molar-refractivity contribution in [2.45, 2.75) is 18.3 Å². The van der Waals surface area contributed by atoms with E-state index in [1.54, 1.807) is 0 Å². The average molecular weight is 318 g/mol. The molecule has 1 aromatic carbocycles. The Morgan fingerprint density at radius 2 is 2.18 bits per heavy atom. The summed E-state index contributed by atoms with van der Waals surface area (Å²) in [6, 6.07) is 6.64. The first-order valence-electron chi connectivity index (χ1n) is 5.92. The second kappa shape index (κ2) is 5.59. The van der Waals surface area contributed by atoms with Crippen molar-refractivity contribution in [3.63, 3.8) is 0 Å². The van der Waals surface area contributed by atoms with Gasteiger partial charge in [0.2, 0.25) is 0 Å². The molecule has 1 unspecified atom stereocenters. The van der Waals surface area contributed by atoms with E-state index >= 15 is 0 Å². The molecule has 2 nitrogen and oxygen atoms in total. The molecule has 0 aliphatic carbocycles. The lowest BCUT2D eigenvalue weighted by molar-refractivity contribution is 0.275. The van der Waals surface area contributed by atoms with Crippen LogP contribution in [0.3, 0.4) is 0 Å². The monoisotopic (exact) mass is 316 g/mol. The maximum absolute atomic E-state index is 6.37. The summed E-state index contributed by atoms with van der Waals surface area (Å²) in [5.74, 6) is 0. The van der Waals surface area contributed by atoms with Gasteiger partial charge in [-0.25, -0.2) is 0 Å². The Balaban J connectivity index is 2.33. The van der Waals surface area contributed by atoms with E-state index in [-0.39, 0.29) is 0 Å². The van der Waals surface area contributed by atoms with Gasteiger partial charge in [0.05, 0.1) is 10.7 Å². The van der Waals surface area contributed by atoms with E-state index < -0.39 is 0 Å². The average Bonchev–Trinajstić information content (AvgIpc) is 2.30. The first-order chi connectivity index (χ1) is 8.13. The summed E-state index contributed by atoms with van der Waals surface area (Å²) in [5, 5.41) is 1.71. The fourth-order valence-corrected chi connectivity index (χ4v) is 3.22. The van der Waals surface area contributed by atoms with Gasteiger partial charge in [-0.05, 0) is 25.6 Å². The highest BCUT2D eigenvalue weighted by Gasteiger charge is 2.24. The van der Waals surface area contributed by atoms with Gasteiger partial charge in [-0.3, -0.25) is 0 Å². The van der Waals surface area contributed by atoms with Crippen LogP contribution in [0.25, 0.3) is 0 Å². The summed E-state index contributed by atoms with van der Waals surface area (Å²) in [6.45, 7) is 5.49. The maximum Gasteiger partial charge on any atom is 0.0642 e. The van der Waals surface area contributed by atoms with E-state index in [0.717, 1.165) is 30.0 Å². The minimum absolute atomic E-state index is 0.506. The Morgan fingerprint density at radius 1 is 1.41 bits per heavy atom. The molecule has 1 aromatic rings. The lowest BCUT2D eigenvalue weighted by Gasteiger charge is -2.41. The van der Waals surface area contributed by atoms with E-state index in [1.807, 2.05) is 12.1 Å². The Bertz CT molecular complexity index is 397. The highest BCUT2D eigenvalue weighted by atomic mass is 79.9. The zero-order valence-electron chi connectivity index (χ0n) is 10.3. The molecule has 4 heteroatoms. The summed E-state index contributed by atoms with van der Waals surface area (Å²) in [6.07, 6.45) is 0. The predicted octanol–water partition coefficient (Wildman–Crippen LogP) is 3.38. The molecule has 0 bridgehead atoms. The van der Waals surface area contributed by atoms with Crippen molar-refractivity contribution in [3.05, 3.63) is 28.8 Å². The standard InChI is InChI=1S/C13H18BrClN2/c1-10-9-16(2)6-7-17(10)13-11(8-14)4-3-5-12(13)15/h3-5,10H,6-9H2,1-2H3. The number of rotatable bonds is 2. The van der Waals surface area contributed by atoms with Gasteiger partial charge in [0.25, 0.3) is 0 Å². The van der Waals surface area contributed by atoms with Crippen molar-refractivity contribution in [1.29, 1.82) is 0 Å². The van der Waals surface area contributed by atoms with Crippen molar-refractivity contribution in [2.24, 2.45) is 0 Å². The molecule has 1 atom stereocenters. The van der Waals surface area contributed by atoms with Crippen LogP contribution in [0.4, 0.5) is 5.69 Å². The van der Waals surface area contributed by atoms with Crippen molar-refractivity contribution in [2.75, 3.05) is 31.6 Å². The quantitative estimate of drug-likeness (QED) is 0.772. The zero-order chi connectivity index (χ0) is 12.4. The van der Waals surface area contributed by atoms with E-state index in [0.29, 0.717) is 6.04 Å². The number of piperazine rings is 1. The van der Waals surface area contributed by atoms with Crippen molar-refractivity contribution in [3.8, 4) is 0 Å². The molecule has 1 fully saturated rings. The van der Waals surface area contributed by atoms with Crippen LogP contribution in [0.1, 0.15) is 12.5 Å². The van der Waals surface area contributed by atoms with Gasteiger partial charge in [-0.15, -0.1) is 0 Å². The van der Waals surface area contributed by atoms with Crippen LogP contribution >= 0.6 is 27.5 Å². The number of alkyl halides is 1. The largest absolute Gasteiger partial charge is 0.365 e. The van der Waals surface area contributed by atoms with Gasteiger partial charge in [-0.2, -0.15) is 0 Å². The van der Waals surface area contributed by atoms with Crippen molar-refractivity contribution >= 4 is 33.2 Å². The van der Waals surface area contributed by atoms with Gasteiger partial charge >= 0.3 is 0 Å². The van der Waals surface area contributed by atoms with Gasteiger partial charge in [0.1, 0.15) is 0 Å². The summed E-state index contributed by atoms with van der Waals surface area (Å²) in [5.41, 5.74) is 2.47. The van der Waals surface area contributed by atoms with Crippen LogP contribution in [0, 0.1) is 0 Å². The van der Waals surface area contributed by atoms with Crippen molar-refractivity contribution < 1.29 is 0 Å². The van der Waals surface area contributed by atoms with Crippen LogP contribution in [-0.2, 0) is 5.33 Å². The number of benzene rings is 1. The summed E-state index contributed by atoms with van der Waals surface area (Å²) >= 11 is 9.91. The number of hydrogen-bond acceptors (Lipinski definition) is 2. The Morgan fingerprint density at radius 3 is 2.82 bits per heavy atom. The number of likely N-dealkylation sites (N-methyl/N-ethyl adjacent to an activating group) is 1. The number of nitrogens with zero attached hydrogens (tertiary/aromatic N) is 2. The molecule has 17 heavy (non-hydrogen) atoms. The third-order valence-electron chi connectivity index (χ3n) is 3.33. The van der Waals surface area contributed by atoms with Crippen molar-refractivity contribution in [1.82, 2.24) is 4.90 Å². The second-order valence-corrected chi connectivity index (χ2v) is 5.65. The second-order valence-electron chi connectivity index (χ2n) is 4.69. The third kappa shape index (κ3) is 2.78. The molecule has 94 valence electrons. The van der Waals surface area contributed by atoms with Crippen LogP contribution in [-0.4, -0.2) is 37.6 Å². The summed E-state index contributed by atoms with van der Waals surface area (Å²) in [7, 11) is 2.17. The van der Waals surface area contributed by atoms with Crippen LogP contribution in [0.5, 0.6) is 0 Å². The number of anilines is 1. The fraction of sp³-hybridized carbons (Fsp3) is 0.538. The Kier molecular flexibility index (Phi) is 4.34. The molecule has 1 heterocycles. The SMILES string of the molecule is CC1CN(C)CCN1c1c(Cl)cccc1CBr. The fourth-order valence-electron chi connectivity index (χ4n) is 2.46. The van der Waals surface area contributed by atoms with Crippen LogP contribution < -0.4 is 4.90 Å². The zero-order valence-corrected chi connectivity index (χ0v) is 12.6. The number of halogens is 2. The molecule has 1 aliphatic rings. The Hall–Kier alpha value is -0.250. The lowest BCUT2D eigenvalue weighted by atomic mass is 10.1. The van der Waals surface area contributed by atoms with E-state index in [2.05, 4.69) is 45.8 Å². The third-order valence-corrected chi connectivity index (χ3v) is 4.24. The predicted molar refractivity (Wildman–Crippen MR) is 78.4 cm³/mol. The number of para-hydroxylation sites is 1. The molecule has 0 aromatic heterocycles. The van der Waals surface area contributed by atoms with Gasteiger partial charge in [-0.1, -0.05) is 39.7 Å². The number of hydrogen-bond donors (Lipinski definition) is 0. The molecule has 1 saturated heterocycles. The van der Waals surface area contributed by atoms with Crippen LogP contribution in [0.15, 0.2) is 18.2 Å². The smallest absolute Gasteiger partial charge is 0.0642 e. The normalized spacial score (nSPS) is 21.9. The van der Waals surface area contributed by atoms with E-state index in [1.165, 1.54) is 11.3 Å². The van der Waals surface area contributed by atoms with Gasteiger partial charge < -0.3 is 9.80 Å². The Labute approximate surface area is 117 Å². The lowest BCUT2D eigenvalue weighted by Crippen LogP contribution is -2.50. The molecule has 0 spiro atoms. The topological polar surface area (TPSA) is 6.48 Å². The highest BCUT2D eigenvalue weighted by molar-refractivity contribution is 9.08. The molecular formula is C13H18BrClN2. The molecule has 0 N–H and O–H groups in total.